The minimum Gasteiger partial charge on any atom is -0.377 e. The summed E-state index contributed by atoms with van der Waals surface area (Å²) < 4.78 is 5.15. The number of hydrogen-bond acceptors (Lipinski definition) is 7. The van der Waals surface area contributed by atoms with Crippen LogP contribution in [0, 0.1) is 13.8 Å². The summed E-state index contributed by atoms with van der Waals surface area (Å²) in [5.41, 5.74) is 2.07. The molecule has 3 heterocycles. The number of nitrogens with one attached hydrogen (secondary N) is 1. The van der Waals surface area contributed by atoms with Crippen LogP contribution in [0.25, 0.3) is 0 Å². The van der Waals surface area contributed by atoms with E-state index in [2.05, 4.69) is 36.6 Å². The SMILES string of the molecule is COCc1nc(C)cc(N2CCC(Nc3nc(C)cs3)CC2)n1. The molecular weight excluding hydrogens is 310 g/mol. The highest BCUT2D eigenvalue weighted by atomic mass is 32.1. The lowest BCUT2D eigenvalue weighted by molar-refractivity contribution is 0.177. The Morgan fingerprint density at radius 1 is 1.22 bits per heavy atom. The molecule has 0 spiro atoms. The molecule has 0 saturated carbocycles. The Balaban J connectivity index is 1.60. The van der Waals surface area contributed by atoms with Crippen molar-refractivity contribution in [1.29, 1.82) is 0 Å². The van der Waals surface area contributed by atoms with E-state index in [0.29, 0.717) is 12.6 Å². The van der Waals surface area contributed by atoms with Crippen molar-refractivity contribution in [3.05, 3.63) is 28.7 Å². The molecule has 1 N–H and O–H groups in total. The van der Waals surface area contributed by atoms with E-state index in [0.717, 1.165) is 54.1 Å². The number of ether oxygens (including phenoxy) is 1. The number of rotatable bonds is 5. The van der Waals surface area contributed by atoms with Crippen LogP contribution in [0.3, 0.4) is 0 Å². The minimum atomic E-state index is 0.454. The molecule has 6 nitrogen and oxygen atoms in total. The lowest BCUT2D eigenvalue weighted by atomic mass is 10.1. The van der Waals surface area contributed by atoms with Crippen LogP contribution in [0.2, 0.25) is 0 Å². The van der Waals surface area contributed by atoms with E-state index in [4.69, 9.17) is 4.74 Å². The first-order valence-electron chi connectivity index (χ1n) is 7.91. The number of hydrogen-bond donors (Lipinski definition) is 1. The number of thiazole rings is 1. The highest BCUT2D eigenvalue weighted by molar-refractivity contribution is 7.13. The zero-order chi connectivity index (χ0) is 16.2. The monoisotopic (exact) mass is 333 g/mol. The van der Waals surface area contributed by atoms with Crippen LogP contribution in [0.15, 0.2) is 11.4 Å². The van der Waals surface area contributed by atoms with Crippen molar-refractivity contribution in [2.24, 2.45) is 0 Å². The van der Waals surface area contributed by atoms with E-state index in [1.807, 2.05) is 13.8 Å². The smallest absolute Gasteiger partial charge is 0.183 e. The highest BCUT2D eigenvalue weighted by Crippen LogP contribution is 2.23. The molecule has 1 aliphatic rings. The van der Waals surface area contributed by atoms with Crippen molar-refractivity contribution in [2.45, 2.75) is 39.3 Å². The largest absolute Gasteiger partial charge is 0.377 e. The number of piperidine rings is 1. The summed E-state index contributed by atoms with van der Waals surface area (Å²) in [6, 6.07) is 2.54. The van der Waals surface area contributed by atoms with Crippen LogP contribution < -0.4 is 10.2 Å². The fourth-order valence-corrected chi connectivity index (χ4v) is 3.58. The van der Waals surface area contributed by atoms with Gasteiger partial charge in [-0.25, -0.2) is 15.0 Å². The first-order valence-corrected chi connectivity index (χ1v) is 8.79. The molecule has 0 amide bonds. The van der Waals surface area contributed by atoms with Gasteiger partial charge in [-0.15, -0.1) is 11.3 Å². The minimum absolute atomic E-state index is 0.454. The average Bonchev–Trinajstić information content (AvgIpc) is 2.93. The van der Waals surface area contributed by atoms with Crippen LogP contribution in [0.5, 0.6) is 0 Å². The van der Waals surface area contributed by atoms with Crippen molar-refractivity contribution >= 4 is 22.3 Å². The standard InChI is InChI=1S/C16H23N5OS/c1-11-8-15(20-14(17-11)9-22-3)21-6-4-13(5-7-21)19-16-18-12(2)10-23-16/h8,10,13H,4-7,9H2,1-3H3,(H,18,19). The molecule has 23 heavy (non-hydrogen) atoms. The van der Waals surface area contributed by atoms with Gasteiger partial charge < -0.3 is 15.0 Å². The van der Waals surface area contributed by atoms with Gasteiger partial charge >= 0.3 is 0 Å². The maximum atomic E-state index is 5.15. The van der Waals surface area contributed by atoms with Crippen LogP contribution >= 0.6 is 11.3 Å². The Labute approximate surface area is 140 Å². The molecule has 2 aromatic rings. The second-order valence-corrected chi connectivity index (χ2v) is 6.77. The summed E-state index contributed by atoms with van der Waals surface area (Å²) in [4.78, 5) is 15.8. The van der Waals surface area contributed by atoms with Crippen LogP contribution in [-0.4, -0.2) is 41.2 Å². The lowest BCUT2D eigenvalue weighted by Gasteiger charge is -2.33. The Kier molecular flexibility index (Phi) is 5.07. The summed E-state index contributed by atoms with van der Waals surface area (Å²) in [5.74, 6) is 1.76. The second kappa shape index (κ2) is 7.23. The van der Waals surface area contributed by atoms with E-state index < -0.39 is 0 Å². The first kappa shape index (κ1) is 16.1. The zero-order valence-corrected chi connectivity index (χ0v) is 14.7. The molecule has 1 saturated heterocycles. The first-order chi connectivity index (χ1) is 11.1. The molecule has 7 heteroatoms. The van der Waals surface area contributed by atoms with E-state index in [1.54, 1.807) is 18.4 Å². The number of aryl methyl sites for hydroxylation is 2. The Morgan fingerprint density at radius 2 is 2.00 bits per heavy atom. The number of anilines is 2. The molecular formula is C16H23N5OS. The van der Waals surface area contributed by atoms with Crippen molar-refractivity contribution in [3.63, 3.8) is 0 Å². The van der Waals surface area contributed by atoms with E-state index in [9.17, 15) is 0 Å². The third-order valence-corrected chi connectivity index (χ3v) is 4.82. The topological polar surface area (TPSA) is 63.2 Å². The van der Waals surface area contributed by atoms with Crippen molar-refractivity contribution in [1.82, 2.24) is 15.0 Å². The quantitative estimate of drug-likeness (QED) is 0.908. The van der Waals surface area contributed by atoms with Crippen LogP contribution in [-0.2, 0) is 11.3 Å². The average molecular weight is 333 g/mol. The molecule has 1 aliphatic heterocycles. The highest BCUT2D eigenvalue weighted by Gasteiger charge is 2.21. The fourth-order valence-electron chi connectivity index (χ4n) is 2.82. The molecule has 3 rings (SSSR count). The summed E-state index contributed by atoms with van der Waals surface area (Å²) in [7, 11) is 1.67. The van der Waals surface area contributed by atoms with Gasteiger partial charge in [0.1, 0.15) is 12.4 Å². The van der Waals surface area contributed by atoms with E-state index >= 15 is 0 Å². The van der Waals surface area contributed by atoms with E-state index in [-0.39, 0.29) is 0 Å². The summed E-state index contributed by atoms with van der Waals surface area (Å²) in [6.07, 6.45) is 2.17. The van der Waals surface area contributed by atoms with Gasteiger partial charge in [0, 0.05) is 43.4 Å². The number of aromatic nitrogens is 3. The molecule has 0 unspecified atom stereocenters. The van der Waals surface area contributed by atoms with Crippen molar-refractivity contribution in [3.8, 4) is 0 Å². The molecule has 0 atom stereocenters. The maximum Gasteiger partial charge on any atom is 0.183 e. The Bertz CT molecular complexity index is 652. The molecule has 2 aromatic heterocycles. The third kappa shape index (κ3) is 4.17. The molecule has 0 bridgehead atoms. The normalized spacial score (nSPS) is 15.9. The second-order valence-electron chi connectivity index (χ2n) is 5.92. The maximum absolute atomic E-state index is 5.15. The van der Waals surface area contributed by atoms with Gasteiger partial charge in [-0.1, -0.05) is 0 Å². The summed E-state index contributed by atoms with van der Waals surface area (Å²) in [6.45, 7) is 6.47. The molecule has 124 valence electrons. The molecule has 0 aliphatic carbocycles. The molecule has 0 radical (unpaired) electrons. The van der Waals surface area contributed by atoms with Gasteiger partial charge in [0.05, 0.1) is 5.69 Å². The lowest BCUT2D eigenvalue weighted by Crippen LogP contribution is -2.39. The van der Waals surface area contributed by atoms with Crippen LogP contribution in [0.4, 0.5) is 10.9 Å². The number of nitrogens with zero attached hydrogens (tertiary/aromatic N) is 4. The van der Waals surface area contributed by atoms with Gasteiger partial charge in [0.25, 0.3) is 0 Å². The van der Waals surface area contributed by atoms with Gasteiger partial charge in [-0.05, 0) is 26.7 Å². The zero-order valence-electron chi connectivity index (χ0n) is 13.9. The van der Waals surface area contributed by atoms with Gasteiger partial charge in [-0.2, -0.15) is 0 Å². The summed E-state index contributed by atoms with van der Waals surface area (Å²) in [5, 5.41) is 6.66. The van der Waals surface area contributed by atoms with Crippen molar-refractivity contribution in [2.75, 3.05) is 30.4 Å². The molecule has 0 aromatic carbocycles. The van der Waals surface area contributed by atoms with E-state index in [1.165, 1.54) is 0 Å². The van der Waals surface area contributed by atoms with Crippen LogP contribution in [0.1, 0.15) is 30.1 Å². The predicted molar refractivity (Wildman–Crippen MR) is 93.2 cm³/mol. The fraction of sp³-hybridized carbons (Fsp3) is 0.562. The third-order valence-electron chi connectivity index (χ3n) is 3.93. The van der Waals surface area contributed by atoms with Gasteiger partial charge in [0.15, 0.2) is 11.0 Å². The molecule has 1 fully saturated rings. The predicted octanol–water partition coefficient (Wildman–Crippen LogP) is 2.78. The van der Waals surface area contributed by atoms with Gasteiger partial charge in [0.2, 0.25) is 0 Å². The Morgan fingerprint density at radius 3 is 2.65 bits per heavy atom. The Hall–Kier alpha value is -1.73. The summed E-state index contributed by atoms with van der Waals surface area (Å²) >= 11 is 1.68. The number of methoxy groups -OCH3 is 1. The van der Waals surface area contributed by atoms with Gasteiger partial charge in [-0.3, -0.25) is 0 Å². The van der Waals surface area contributed by atoms with Crippen molar-refractivity contribution < 1.29 is 4.74 Å².